The number of nitrogens with zero attached hydrogens (tertiary/aromatic N) is 1. The number of amides is 1. The van der Waals surface area contributed by atoms with Gasteiger partial charge in [-0.3, -0.25) is 0 Å². The van der Waals surface area contributed by atoms with E-state index in [1.165, 1.54) is 0 Å². The third-order valence-corrected chi connectivity index (χ3v) is 3.42. The van der Waals surface area contributed by atoms with E-state index in [1.54, 1.807) is 12.3 Å². The third-order valence-electron chi connectivity index (χ3n) is 2.58. The Morgan fingerprint density at radius 3 is 2.91 bits per heavy atom. The second kappa shape index (κ2) is 8.42. The van der Waals surface area contributed by atoms with Crippen LogP contribution in [0.2, 0.25) is 5.15 Å². The standard InChI is InChI=1S/C16H12BrClN2O2/c17-14-10-20-15(18)9-13(14)7-4-8-19-16(21)22-11-12-5-2-1-3-6-12/h1-3,5-6,9-10H,8,11H2,(H,19,21). The first-order chi connectivity index (χ1) is 10.6. The van der Waals surface area contributed by atoms with Crippen LogP contribution in [0.1, 0.15) is 11.1 Å². The second-order valence-electron chi connectivity index (χ2n) is 4.20. The summed E-state index contributed by atoms with van der Waals surface area (Å²) in [5.41, 5.74) is 1.64. The normalized spacial score (nSPS) is 9.55. The molecule has 22 heavy (non-hydrogen) atoms. The molecule has 0 saturated carbocycles. The molecule has 1 aromatic carbocycles. The number of carbonyl (C=O) groups is 1. The Balaban J connectivity index is 1.78. The van der Waals surface area contributed by atoms with Crippen molar-refractivity contribution in [1.82, 2.24) is 10.3 Å². The number of carbonyl (C=O) groups excluding carboxylic acids is 1. The van der Waals surface area contributed by atoms with Crippen LogP contribution in [0.25, 0.3) is 0 Å². The molecule has 0 fully saturated rings. The minimum Gasteiger partial charge on any atom is -0.445 e. The molecule has 0 aliphatic heterocycles. The summed E-state index contributed by atoms with van der Waals surface area (Å²) >= 11 is 9.12. The number of halogens is 2. The zero-order chi connectivity index (χ0) is 15.8. The Morgan fingerprint density at radius 2 is 2.14 bits per heavy atom. The zero-order valence-corrected chi connectivity index (χ0v) is 13.8. The third kappa shape index (κ3) is 5.40. The van der Waals surface area contributed by atoms with Crippen LogP contribution in [0.4, 0.5) is 4.79 Å². The van der Waals surface area contributed by atoms with Crippen molar-refractivity contribution in [2.75, 3.05) is 6.54 Å². The fraction of sp³-hybridized carbons (Fsp3) is 0.125. The van der Waals surface area contributed by atoms with Gasteiger partial charge in [0.25, 0.3) is 0 Å². The lowest BCUT2D eigenvalue weighted by molar-refractivity contribution is 0.141. The number of hydrogen-bond acceptors (Lipinski definition) is 3. The van der Waals surface area contributed by atoms with Crippen molar-refractivity contribution in [2.24, 2.45) is 0 Å². The first-order valence-electron chi connectivity index (χ1n) is 6.39. The van der Waals surface area contributed by atoms with E-state index in [0.29, 0.717) is 10.7 Å². The Labute approximate surface area is 142 Å². The maximum absolute atomic E-state index is 11.5. The number of benzene rings is 1. The van der Waals surface area contributed by atoms with Crippen molar-refractivity contribution in [3.63, 3.8) is 0 Å². The average molecular weight is 380 g/mol. The molecule has 0 bridgehead atoms. The fourth-order valence-electron chi connectivity index (χ4n) is 1.54. The summed E-state index contributed by atoms with van der Waals surface area (Å²) in [4.78, 5) is 15.4. The molecular formula is C16H12BrClN2O2. The maximum atomic E-state index is 11.5. The van der Waals surface area contributed by atoms with Crippen molar-refractivity contribution in [3.05, 3.63) is 63.3 Å². The summed E-state index contributed by atoms with van der Waals surface area (Å²) in [7, 11) is 0. The van der Waals surface area contributed by atoms with Gasteiger partial charge in [0.15, 0.2) is 0 Å². The van der Waals surface area contributed by atoms with Crippen LogP contribution in [0, 0.1) is 11.8 Å². The monoisotopic (exact) mass is 378 g/mol. The quantitative estimate of drug-likeness (QED) is 0.652. The number of rotatable bonds is 3. The molecule has 2 rings (SSSR count). The Bertz CT molecular complexity index is 711. The molecule has 1 amide bonds. The Hall–Kier alpha value is -2.03. The predicted molar refractivity (Wildman–Crippen MR) is 88.5 cm³/mol. The lowest BCUT2D eigenvalue weighted by Crippen LogP contribution is -2.24. The maximum Gasteiger partial charge on any atom is 0.408 e. The van der Waals surface area contributed by atoms with Gasteiger partial charge >= 0.3 is 6.09 Å². The highest BCUT2D eigenvalue weighted by molar-refractivity contribution is 9.10. The summed E-state index contributed by atoms with van der Waals surface area (Å²) in [5, 5.41) is 2.92. The van der Waals surface area contributed by atoms with Crippen LogP contribution in [0.15, 0.2) is 47.1 Å². The van der Waals surface area contributed by atoms with Crippen LogP contribution in [-0.4, -0.2) is 17.6 Å². The number of nitrogens with one attached hydrogen (secondary N) is 1. The summed E-state index contributed by atoms with van der Waals surface area (Å²) in [6.07, 6.45) is 1.07. The molecule has 2 aromatic rings. The van der Waals surface area contributed by atoms with E-state index < -0.39 is 6.09 Å². The van der Waals surface area contributed by atoms with E-state index in [-0.39, 0.29) is 13.2 Å². The molecule has 1 N–H and O–H groups in total. The molecule has 112 valence electrons. The van der Waals surface area contributed by atoms with Gasteiger partial charge in [0, 0.05) is 11.8 Å². The molecule has 0 saturated heterocycles. The largest absolute Gasteiger partial charge is 0.445 e. The van der Waals surface area contributed by atoms with Crippen LogP contribution < -0.4 is 5.32 Å². The highest BCUT2D eigenvalue weighted by atomic mass is 79.9. The van der Waals surface area contributed by atoms with Crippen molar-refractivity contribution < 1.29 is 9.53 Å². The van der Waals surface area contributed by atoms with Crippen molar-refractivity contribution in [2.45, 2.75) is 6.61 Å². The van der Waals surface area contributed by atoms with E-state index in [4.69, 9.17) is 16.3 Å². The lowest BCUT2D eigenvalue weighted by atomic mass is 10.2. The Kier molecular flexibility index (Phi) is 6.26. The molecule has 0 atom stereocenters. The van der Waals surface area contributed by atoms with Gasteiger partial charge in [0.05, 0.1) is 11.0 Å². The van der Waals surface area contributed by atoms with Gasteiger partial charge in [-0.1, -0.05) is 53.8 Å². The van der Waals surface area contributed by atoms with Gasteiger partial charge in [0.1, 0.15) is 11.8 Å². The molecule has 1 aromatic heterocycles. The predicted octanol–water partition coefficient (Wildman–Crippen LogP) is 3.78. The van der Waals surface area contributed by atoms with E-state index in [0.717, 1.165) is 10.0 Å². The number of aromatic nitrogens is 1. The highest BCUT2D eigenvalue weighted by Gasteiger charge is 2.01. The molecule has 6 heteroatoms. The van der Waals surface area contributed by atoms with Gasteiger partial charge in [-0.25, -0.2) is 9.78 Å². The summed E-state index contributed by atoms with van der Waals surface area (Å²) in [5.74, 6) is 5.71. The van der Waals surface area contributed by atoms with Crippen molar-refractivity contribution >= 4 is 33.6 Å². The highest BCUT2D eigenvalue weighted by Crippen LogP contribution is 2.17. The topological polar surface area (TPSA) is 51.2 Å². The minimum absolute atomic E-state index is 0.181. The molecule has 0 spiro atoms. The van der Waals surface area contributed by atoms with E-state index >= 15 is 0 Å². The first-order valence-corrected chi connectivity index (χ1v) is 7.57. The molecule has 0 aliphatic rings. The molecule has 0 unspecified atom stereocenters. The summed E-state index contributed by atoms with van der Waals surface area (Å²) in [6.45, 7) is 0.408. The zero-order valence-electron chi connectivity index (χ0n) is 11.5. The van der Waals surface area contributed by atoms with Crippen LogP contribution in [-0.2, 0) is 11.3 Å². The summed E-state index contributed by atoms with van der Waals surface area (Å²) in [6, 6.07) is 11.1. The molecule has 0 aliphatic carbocycles. The Morgan fingerprint density at radius 1 is 1.36 bits per heavy atom. The van der Waals surface area contributed by atoms with E-state index in [1.807, 2.05) is 30.3 Å². The van der Waals surface area contributed by atoms with E-state index in [9.17, 15) is 4.79 Å². The van der Waals surface area contributed by atoms with Crippen molar-refractivity contribution in [3.8, 4) is 11.8 Å². The van der Waals surface area contributed by atoms with Gasteiger partial charge in [-0.2, -0.15) is 0 Å². The van der Waals surface area contributed by atoms with Gasteiger partial charge in [0.2, 0.25) is 0 Å². The van der Waals surface area contributed by atoms with Crippen molar-refractivity contribution in [1.29, 1.82) is 0 Å². The second-order valence-corrected chi connectivity index (χ2v) is 5.45. The van der Waals surface area contributed by atoms with Gasteiger partial charge in [-0.05, 0) is 27.6 Å². The molecule has 0 radical (unpaired) electrons. The van der Waals surface area contributed by atoms with E-state index in [2.05, 4.69) is 38.1 Å². The SMILES string of the molecule is O=C(NCC#Cc1cc(Cl)ncc1Br)OCc1ccccc1. The van der Waals surface area contributed by atoms with Gasteiger partial charge in [-0.15, -0.1) is 0 Å². The summed E-state index contributed by atoms with van der Waals surface area (Å²) < 4.78 is 5.81. The number of alkyl carbamates (subject to hydrolysis) is 1. The number of pyridine rings is 1. The molecule has 4 nitrogen and oxygen atoms in total. The first kappa shape index (κ1) is 16.3. The average Bonchev–Trinajstić information content (AvgIpc) is 2.53. The lowest BCUT2D eigenvalue weighted by Gasteiger charge is -2.04. The molecular weight excluding hydrogens is 368 g/mol. The van der Waals surface area contributed by atoms with Crippen LogP contribution in [0.5, 0.6) is 0 Å². The van der Waals surface area contributed by atoms with Crippen LogP contribution >= 0.6 is 27.5 Å². The smallest absolute Gasteiger partial charge is 0.408 e. The van der Waals surface area contributed by atoms with Gasteiger partial charge < -0.3 is 10.1 Å². The molecule has 1 heterocycles. The van der Waals surface area contributed by atoms with Crippen LogP contribution in [0.3, 0.4) is 0 Å². The number of hydrogen-bond donors (Lipinski definition) is 1. The minimum atomic E-state index is -0.509. The number of ether oxygens (including phenoxy) is 1. The fourth-order valence-corrected chi connectivity index (χ4v) is 2.01.